The van der Waals surface area contributed by atoms with E-state index in [0.29, 0.717) is 11.1 Å². The van der Waals surface area contributed by atoms with Gasteiger partial charge in [0.05, 0.1) is 10.7 Å². The smallest absolute Gasteiger partial charge is 0.125 e. The normalized spacial score (nSPS) is 27.5. The van der Waals surface area contributed by atoms with E-state index in [1.54, 1.807) is 6.07 Å². The van der Waals surface area contributed by atoms with Gasteiger partial charge in [-0.25, -0.2) is 4.39 Å². The number of anilines is 1. The minimum Gasteiger partial charge on any atom is -0.381 e. The molecule has 2 aliphatic carbocycles. The lowest BCUT2D eigenvalue weighted by molar-refractivity contribution is 0.180. The first-order valence-corrected chi connectivity index (χ1v) is 8.83. The Morgan fingerprint density at radius 2 is 1.67 bits per heavy atom. The molecule has 1 aromatic rings. The van der Waals surface area contributed by atoms with Crippen molar-refractivity contribution in [2.75, 3.05) is 5.32 Å². The van der Waals surface area contributed by atoms with E-state index in [-0.39, 0.29) is 5.82 Å². The van der Waals surface area contributed by atoms with E-state index in [2.05, 4.69) is 5.32 Å². The second kappa shape index (κ2) is 7.00. The molecule has 0 spiro atoms. The second-order valence-electron chi connectivity index (χ2n) is 6.72. The number of hydrogen-bond acceptors (Lipinski definition) is 1. The van der Waals surface area contributed by atoms with Crippen molar-refractivity contribution >= 4 is 17.3 Å². The van der Waals surface area contributed by atoms with Gasteiger partial charge < -0.3 is 5.32 Å². The minimum atomic E-state index is -0.216. The highest BCUT2D eigenvalue weighted by Gasteiger charge is 2.32. The summed E-state index contributed by atoms with van der Waals surface area (Å²) in [5, 5.41) is 4.19. The Labute approximate surface area is 132 Å². The zero-order valence-electron chi connectivity index (χ0n) is 12.6. The van der Waals surface area contributed by atoms with Crippen molar-refractivity contribution in [3.63, 3.8) is 0 Å². The van der Waals surface area contributed by atoms with Crippen molar-refractivity contribution < 1.29 is 4.39 Å². The zero-order chi connectivity index (χ0) is 14.7. The molecule has 2 unspecified atom stereocenters. The van der Waals surface area contributed by atoms with Crippen LogP contribution in [0.3, 0.4) is 0 Å². The van der Waals surface area contributed by atoms with Gasteiger partial charge in [0.1, 0.15) is 5.82 Å². The average Bonchev–Trinajstić information content (AvgIpc) is 2.52. The molecule has 2 fully saturated rings. The first-order chi connectivity index (χ1) is 10.2. The van der Waals surface area contributed by atoms with E-state index in [1.807, 2.05) is 0 Å². The topological polar surface area (TPSA) is 12.0 Å². The summed E-state index contributed by atoms with van der Waals surface area (Å²) in [4.78, 5) is 0. The molecule has 0 aromatic heterocycles. The van der Waals surface area contributed by atoms with Gasteiger partial charge in [-0.2, -0.15) is 0 Å². The molecule has 0 amide bonds. The Balaban J connectivity index is 1.73. The van der Waals surface area contributed by atoms with Gasteiger partial charge >= 0.3 is 0 Å². The molecule has 2 atom stereocenters. The van der Waals surface area contributed by atoms with Crippen LogP contribution >= 0.6 is 11.6 Å². The number of halogens is 2. The fourth-order valence-corrected chi connectivity index (χ4v) is 4.45. The third kappa shape index (κ3) is 3.71. The highest BCUT2D eigenvalue weighted by atomic mass is 35.5. The van der Waals surface area contributed by atoms with Crippen molar-refractivity contribution in [3.8, 4) is 0 Å². The predicted octanol–water partition coefficient (Wildman–Crippen LogP) is 6.03. The van der Waals surface area contributed by atoms with Crippen LogP contribution in [0.25, 0.3) is 0 Å². The molecule has 1 aromatic carbocycles. The number of benzene rings is 1. The molecule has 116 valence electrons. The zero-order valence-corrected chi connectivity index (χ0v) is 13.3. The van der Waals surface area contributed by atoms with Crippen LogP contribution in [0.15, 0.2) is 18.2 Å². The van der Waals surface area contributed by atoms with Gasteiger partial charge in [0.15, 0.2) is 0 Å². The van der Waals surface area contributed by atoms with Gasteiger partial charge in [0.2, 0.25) is 0 Å². The molecule has 1 nitrogen and oxygen atoms in total. The van der Waals surface area contributed by atoms with Gasteiger partial charge in [0.25, 0.3) is 0 Å². The van der Waals surface area contributed by atoms with Crippen molar-refractivity contribution in [3.05, 3.63) is 29.0 Å². The molecule has 2 aliphatic rings. The fraction of sp³-hybridized carbons (Fsp3) is 0.667. The Morgan fingerprint density at radius 1 is 0.952 bits per heavy atom. The molecule has 0 bridgehead atoms. The van der Waals surface area contributed by atoms with Crippen LogP contribution in [0.5, 0.6) is 0 Å². The molecule has 21 heavy (non-hydrogen) atoms. The van der Waals surface area contributed by atoms with Gasteiger partial charge in [-0.05, 0) is 42.9 Å². The first-order valence-electron chi connectivity index (χ1n) is 8.45. The summed E-state index contributed by atoms with van der Waals surface area (Å²) >= 11 is 6.22. The summed E-state index contributed by atoms with van der Waals surface area (Å²) in [5.74, 6) is 1.37. The van der Waals surface area contributed by atoms with Gasteiger partial charge in [-0.3, -0.25) is 0 Å². The molecule has 0 radical (unpaired) electrons. The van der Waals surface area contributed by atoms with Gasteiger partial charge in [0, 0.05) is 6.04 Å². The standard InChI is InChI=1S/C18H25ClFN/c19-16-11-10-14(20)12-18(16)21-17-9-5-4-8-15(17)13-6-2-1-3-7-13/h10-13,15,17,21H,1-9H2. The molecular formula is C18H25ClFN. The highest BCUT2D eigenvalue weighted by molar-refractivity contribution is 6.33. The van der Waals surface area contributed by atoms with Crippen LogP contribution in [-0.2, 0) is 0 Å². The van der Waals surface area contributed by atoms with Crippen LogP contribution in [0.2, 0.25) is 5.02 Å². The lowest BCUT2D eigenvalue weighted by Crippen LogP contribution is -2.37. The summed E-state index contributed by atoms with van der Waals surface area (Å²) in [5.41, 5.74) is 0.768. The van der Waals surface area contributed by atoms with E-state index < -0.39 is 0 Å². The quantitative estimate of drug-likeness (QED) is 0.718. The van der Waals surface area contributed by atoms with E-state index in [9.17, 15) is 4.39 Å². The Kier molecular flexibility index (Phi) is 5.05. The van der Waals surface area contributed by atoms with Gasteiger partial charge in [-0.15, -0.1) is 0 Å². The maximum atomic E-state index is 13.5. The molecule has 0 saturated heterocycles. The van der Waals surface area contributed by atoms with E-state index in [0.717, 1.165) is 17.5 Å². The van der Waals surface area contributed by atoms with Gasteiger partial charge in [-0.1, -0.05) is 56.5 Å². The Hall–Kier alpha value is -0.760. The Bertz CT molecular complexity index is 470. The summed E-state index contributed by atoms with van der Waals surface area (Å²) in [6.45, 7) is 0. The minimum absolute atomic E-state index is 0.216. The predicted molar refractivity (Wildman–Crippen MR) is 87.4 cm³/mol. The maximum Gasteiger partial charge on any atom is 0.125 e. The van der Waals surface area contributed by atoms with E-state index in [1.165, 1.54) is 69.9 Å². The molecule has 2 saturated carbocycles. The third-order valence-electron chi connectivity index (χ3n) is 5.34. The van der Waals surface area contributed by atoms with Crippen molar-refractivity contribution in [1.82, 2.24) is 0 Å². The molecule has 1 N–H and O–H groups in total. The van der Waals surface area contributed by atoms with Crippen LogP contribution in [0, 0.1) is 17.7 Å². The lowest BCUT2D eigenvalue weighted by Gasteiger charge is -2.40. The SMILES string of the molecule is Fc1ccc(Cl)c(NC2CCCCC2C2CCCCC2)c1. The monoisotopic (exact) mass is 309 g/mol. The van der Waals surface area contributed by atoms with Crippen LogP contribution < -0.4 is 5.32 Å². The Morgan fingerprint density at radius 3 is 2.48 bits per heavy atom. The summed E-state index contributed by atoms with van der Waals surface area (Å²) in [7, 11) is 0. The molecule has 0 aliphatic heterocycles. The second-order valence-corrected chi connectivity index (χ2v) is 7.13. The highest BCUT2D eigenvalue weighted by Crippen LogP contribution is 2.40. The fourth-order valence-electron chi connectivity index (χ4n) is 4.27. The van der Waals surface area contributed by atoms with Crippen LogP contribution in [0.1, 0.15) is 57.8 Å². The molecule has 3 heteroatoms. The number of rotatable bonds is 3. The first kappa shape index (κ1) is 15.1. The van der Waals surface area contributed by atoms with Crippen LogP contribution in [0.4, 0.5) is 10.1 Å². The third-order valence-corrected chi connectivity index (χ3v) is 5.67. The van der Waals surface area contributed by atoms with E-state index in [4.69, 9.17) is 11.6 Å². The van der Waals surface area contributed by atoms with Crippen molar-refractivity contribution in [1.29, 1.82) is 0 Å². The number of hydrogen-bond donors (Lipinski definition) is 1. The average molecular weight is 310 g/mol. The largest absolute Gasteiger partial charge is 0.381 e. The summed E-state index contributed by atoms with van der Waals surface area (Å²) in [6.07, 6.45) is 12.0. The molecule has 0 heterocycles. The van der Waals surface area contributed by atoms with E-state index >= 15 is 0 Å². The number of nitrogens with one attached hydrogen (secondary N) is 1. The molecular weight excluding hydrogens is 285 g/mol. The van der Waals surface area contributed by atoms with Crippen molar-refractivity contribution in [2.45, 2.75) is 63.8 Å². The maximum absolute atomic E-state index is 13.5. The van der Waals surface area contributed by atoms with Crippen LogP contribution in [-0.4, -0.2) is 6.04 Å². The summed E-state index contributed by atoms with van der Waals surface area (Å²) in [6, 6.07) is 5.07. The van der Waals surface area contributed by atoms with Crippen molar-refractivity contribution in [2.24, 2.45) is 11.8 Å². The summed E-state index contributed by atoms with van der Waals surface area (Å²) < 4.78 is 13.5. The lowest BCUT2D eigenvalue weighted by atomic mass is 9.71. The molecule has 3 rings (SSSR count).